The maximum absolute atomic E-state index is 5.19. The lowest BCUT2D eigenvalue weighted by molar-refractivity contribution is 0.0150. The molecule has 0 amide bonds. The van der Waals surface area contributed by atoms with E-state index in [4.69, 9.17) is 15.4 Å². The van der Waals surface area contributed by atoms with Crippen LogP contribution in [-0.2, 0) is 14.3 Å². The molecule has 0 fully saturated rings. The minimum Gasteiger partial charge on any atom is -0.378 e. The molecule has 0 spiro atoms. The van der Waals surface area contributed by atoms with E-state index in [1.807, 2.05) is 7.05 Å². The fraction of sp³-hybridized carbons (Fsp3) is 1.00. The van der Waals surface area contributed by atoms with Crippen LogP contribution in [0.15, 0.2) is 0 Å². The first-order valence-corrected chi connectivity index (χ1v) is 4.03. The minimum absolute atomic E-state index is 0.427. The van der Waals surface area contributed by atoms with Crippen molar-refractivity contribution in [1.82, 2.24) is 5.32 Å². The highest BCUT2D eigenvalue weighted by Gasteiger charge is 1.88. The Morgan fingerprint density at radius 2 is 1.58 bits per heavy atom. The average Bonchev–Trinajstić information content (AvgIpc) is 2.10. The van der Waals surface area contributed by atoms with E-state index < -0.39 is 0 Å². The van der Waals surface area contributed by atoms with Gasteiger partial charge in [-0.1, -0.05) is 0 Å². The van der Waals surface area contributed by atoms with Gasteiger partial charge in [-0.05, 0) is 7.05 Å². The lowest BCUT2D eigenvalue weighted by atomic mass is 10.7. The molecule has 0 rings (SSSR count). The number of ether oxygens (including phenoxy) is 2. The highest BCUT2D eigenvalue weighted by Crippen LogP contribution is 1.77. The van der Waals surface area contributed by atoms with Crippen molar-refractivity contribution in [3.05, 3.63) is 0 Å². The van der Waals surface area contributed by atoms with Gasteiger partial charge in [-0.3, -0.25) is 0 Å². The molecule has 0 radical (unpaired) electrons. The molecule has 0 saturated carbocycles. The van der Waals surface area contributed by atoms with Gasteiger partial charge < -0.3 is 19.6 Å². The zero-order valence-electron chi connectivity index (χ0n) is 7.54. The molecule has 0 aromatic rings. The molecule has 3 N–H and O–H groups in total. The van der Waals surface area contributed by atoms with Gasteiger partial charge in [-0.2, -0.15) is 0 Å². The smallest absolute Gasteiger partial charge is 0.0913 e. The Morgan fingerprint density at radius 1 is 1.00 bits per heavy atom. The first-order valence-electron chi connectivity index (χ1n) is 4.03. The highest BCUT2D eigenvalue weighted by molar-refractivity contribution is 4.36. The third-order valence-corrected chi connectivity index (χ3v) is 1.21. The summed E-state index contributed by atoms with van der Waals surface area (Å²) in [5.74, 6) is 4.79. The van der Waals surface area contributed by atoms with Crippen LogP contribution < -0.4 is 11.2 Å². The Labute approximate surface area is 73.1 Å². The summed E-state index contributed by atoms with van der Waals surface area (Å²) >= 11 is 0. The monoisotopic (exact) mass is 178 g/mol. The zero-order chi connectivity index (χ0) is 9.07. The van der Waals surface area contributed by atoms with Gasteiger partial charge in [-0.15, -0.1) is 0 Å². The topological polar surface area (TPSA) is 65.7 Å². The molecule has 12 heavy (non-hydrogen) atoms. The SMILES string of the molecule is CNCCOCCOCCON. The van der Waals surface area contributed by atoms with Gasteiger partial charge >= 0.3 is 0 Å². The van der Waals surface area contributed by atoms with Gasteiger partial charge in [0.2, 0.25) is 0 Å². The van der Waals surface area contributed by atoms with Crippen LogP contribution >= 0.6 is 0 Å². The summed E-state index contributed by atoms with van der Waals surface area (Å²) in [4.78, 5) is 4.31. The van der Waals surface area contributed by atoms with E-state index in [1.165, 1.54) is 0 Å². The molecule has 0 heterocycles. The minimum atomic E-state index is 0.427. The lowest BCUT2D eigenvalue weighted by Crippen LogP contribution is -2.17. The predicted octanol–water partition coefficient (Wildman–Crippen LogP) is -0.871. The van der Waals surface area contributed by atoms with Crippen molar-refractivity contribution in [1.29, 1.82) is 0 Å². The Bertz CT molecular complexity index is 73.1. The van der Waals surface area contributed by atoms with Crippen molar-refractivity contribution in [2.45, 2.75) is 0 Å². The molecular formula is C7H18N2O3. The molecule has 0 atom stereocenters. The van der Waals surface area contributed by atoms with Gasteiger partial charge in [0.05, 0.1) is 33.0 Å². The second kappa shape index (κ2) is 10.8. The maximum Gasteiger partial charge on any atom is 0.0913 e. The average molecular weight is 178 g/mol. The number of likely N-dealkylation sites (N-methyl/N-ethyl adjacent to an activating group) is 1. The van der Waals surface area contributed by atoms with E-state index in [9.17, 15) is 0 Å². The summed E-state index contributed by atoms with van der Waals surface area (Å²) in [6.07, 6.45) is 0. The van der Waals surface area contributed by atoms with Crippen LogP contribution in [0.1, 0.15) is 0 Å². The normalized spacial score (nSPS) is 10.5. The number of hydrogen-bond acceptors (Lipinski definition) is 5. The molecule has 0 aromatic carbocycles. The van der Waals surface area contributed by atoms with Crippen molar-refractivity contribution >= 4 is 0 Å². The van der Waals surface area contributed by atoms with Crippen molar-refractivity contribution < 1.29 is 14.3 Å². The summed E-state index contributed by atoms with van der Waals surface area (Å²) in [5, 5.41) is 2.98. The van der Waals surface area contributed by atoms with Crippen molar-refractivity contribution in [2.75, 3.05) is 46.6 Å². The summed E-state index contributed by atoms with van der Waals surface area (Å²) in [7, 11) is 1.89. The molecule has 5 heteroatoms. The van der Waals surface area contributed by atoms with Gasteiger partial charge in [0.1, 0.15) is 0 Å². The fourth-order valence-corrected chi connectivity index (χ4v) is 0.603. The van der Waals surface area contributed by atoms with Crippen LogP contribution in [0.2, 0.25) is 0 Å². The van der Waals surface area contributed by atoms with E-state index in [2.05, 4.69) is 10.2 Å². The van der Waals surface area contributed by atoms with E-state index in [-0.39, 0.29) is 0 Å². The molecule has 0 aromatic heterocycles. The van der Waals surface area contributed by atoms with E-state index in [0.717, 1.165) is 6.54 Å². The summed E-state index contributed by atoms with van der Waals surface area (Å²) in [6.45, 7) is 3.74. The van der Waals surface area contributed by atoms with Crippen molar-refractivity contribution in [3.63, 3.8) is 0 Å². The zero-order valence-corrected chi connectivity index (χ0v) is 7.54. The molecule has 0 aliphatic rings. The summed E-state index contributed by atoms with van der Waals surface area (Å²) in [5.41, 5.74) is 0. The van der Waals surface area contributed by atoms with Gasteiger partial charge in [0.25, 0.3) is 0 Å². The molecule has 0 aliphatic heterocycles. The predicted molar refractivity (Wildman–Crippen MR) is 45.7 cm³/mol. The third-order valence-electron chi connectivity index (χ3n) is 1.21. The van der Waals surface area contributed by atoms with Crippen LogP contribution in [0.3, 0.4) is 0 Å². The molecule has 0 saturated heterocycles. The third kappa shape index (κ3) is 9.80. The quantitative estimate of drug-likeness (QED) is 0.355. The number of hydrogen-bond donors (Lipinski definition) is 2. The molecule has 0 aliphatic carbocycles. The Hall–Kier alpha value is -0.200. The first kappa shape index (κ1) is 11.8. The maximum atomic E-state index is 5.19. The summed E-state index contributed by atoms with van der Waals surface area (Å²) < 4.78 is 10.3. The lowest BCUT2D eigenvalue weighted by Gasteiger charge is -2.04. The van der Waals surface area contributed by atoms with E-state index >= 15 is 0 Å². The standard InChI is InChI=1S/C7H18N2O3/c1-9-2-3-10-4-5-11-6-7-12-8/h9H,2-8H2,1H3. The second-order valence-electron chi connectivity index (χ2n) is 2.20. The van der Waals surface area contributed by atoms with E-state index in [1.54, 1.807) is 0 Å². The van der Waals surface area contributed by atoms with Crippen LogP contribution in [0.25, 0.3) is 0 Å². The van der Waals surface area contributed by atoms with Gasteiger partial charge in [0.15, 0.2) is 0 Å². The first-order chi connectivity index (χ1) is 5.91. The van der Waals surface area contributed by atoms with Crippen molar-refractivity contribution in [3.8, 4) is 0 Å². The van der Waals surface area contributed by atoms with Crippen LogP contribution in [0.4, 0.5) is 0 Å². The Kier molecular flexibility index (Phi) is 10.6. The largest absolute Gasteiger partial charge is 0.378 e. The molecule has 0 bridgehead atoms. The number of rotatable bonds is 9. The van der Waals surface area contributed by atoms with Crippen LogP contribution in [-0.4, -0.2) is 46.6 Å². The van der Waals surface area contributed by atoms with Crippen LogP contribution in [0, 0.1) is 0 Å². The Balaban J connectivity index is 2.73. The van der Waals surface area contributed by atoms with E-state index in [0.29, 0.717) is 33.0 Å². The molecule has 74 valence electrons. The summed E-state index contributed by atoms with van der Waals surface area (Å²) in [6, 6.07) is 0. The van der Waals surface area contributed by atoms with Crippen molar-refractivity contribution in [2.24, 2.45) is 5.90 Å². The molecule has 5 nitrogen and oxygen atoms in total. The Morgan fingerprint density at radius 3 is 2.17 bits per heavy atom. The number of nitrogens with two attached hydrogens (primary N) is 1. The fourth-order valence-electron chi connectivity index (χ4n) is 0.603. The number of nitrogens with one attached hydrogen (secondary N) is 1. The second-order valence-corrected chi connectivity index (χ2v) is 2.20. The molecular weight excluding hydrogens is 160 g/mol. The molecule has 0 unspecified atom stereocenters. The highest BCUT2D eigenvalue weighted by atomic mass is 16.6. The van der Waals surface area contributed by atoms with Gasteiger partial charge in [0, 0.05) is 6.54 Å². The van der Waals surface area contributed by atoms with Gasteiger partial charge in [-0.25, -0.2) is 5.90 Å². The van der Waals surface area contributed by atoms with Crippen LogP contribution in [0.5, 0.6) is 0 Å².